The maximum absolute atomic E-state index is 3.66. The molecule has 1 rings (SSSR count). The van der Waals surface area contributed by atoms with Gasteiger partial charge in [-0.2, -0.15) is 0 Å². The van der Waals surface area contributed by atoms with Crippen LogP contribution < -0.4 is 5.32 Å². The lowest BCUT2D eigenvalue weighted by Crippen LogP contribution is -2.28. The first-order valence-electron chi connectivity index (χ1n) is 8.07. The maximum Gasteiger partial charge on any atom is 0.0225 e. The standard InChI is InChI=1S/C17H33N3/c1-7-20(8-2)11-9-10-14(3)18-13-17-12-15(4)19(6)16(17)5/h12,14,18H,7-11,13H2,1-6H3. The van der Waals surface area contributed by atoms with Crippen molar-refractivity contribution in [3.8, 4) is 0 Å². The molecule has 0 radical (unpaired) electrons. The molecule has 0 aliphatic heterocycles. The summed E-state index contributed by atoms with van der Waals surface area (Å²) in [6.45, 7) is 15.7. The summed E-state index contributed by atoms with van der Waals surface area (Å²) >= 11 is 0. The fraction of sp³-hybridized carbons (Fsp3) is 0.765. The van der Waals surface area contributed by atoms with E-state index in [4.69, 9.17) is 0 Å². The number of rotatable bonds is 9. The molecular weight excluding hydrogens is 246 g/mol. The van der Waals surface area contributed by atoms with Gasteiger partial charge >= 0.3 is 0 Å². The molecule has 1 aromatic heterocycles. The minimum Gasteiger partial charge on any atom is -0.352 e. The Balaban J connectivity index is 2.29. The molecule has 1 atom stereocenters. The average molecular weight is 279 g/mol. The molecule has 1 aromatic rings. The molecule has 0 aliphatic carbocycles. The number of nitrogens with one attached hydrogen (secondary N) is 1. The molecule has 3 nitrogen and oxygen atoms in total. The molecule has 0 amide bonds. The van der Waals surface area contributed by atoms with Crippen molar-refractivity contribution in [2.75, 3.05) is 19.6 Å². The first-order valence-corrected chi connectivity index (χ1v) is 8.07. The van der Waals surface area contributed by atoms with Gasteiger partial charge < -0.3 is 14.8 Å². The Labute approximate surface area is 125 Å². The first kappa shape index (κ1) is 17.3. The van der Waals surface area contributed by atoms with Crippen LogP contribution in [0.15, 0.2) is 6.07 Å². The van der Waals surface area contributed by atoms with Crippen LogP contribution in [-0.4, -0.2) is 35.1 Å². The molecule has 116 valence electrons. The second kappa shape index (κ2) is 8.48. The largest absolute Gasteiger partial charge is 0.352 e. The second-order valence-corrected chi connectivity index (χ2v) is 5.91. The fourth-order valence-electron chi connectivity index (χ4n) is 2.66. The van der Waals surface area contributed by atoms with Crippen molar-refractivity contribution in [1.82, 2.24) is 14.8 Å². The molecule has 0 aliphatic rings. The van der Waals surface area contributed by atoms with E-state index in [1.54, 1.807) is 0 Å². The van der Waals surface area contributed by atoms with Crippen LogP contribution in [0.1, 0.15) is 50.6 Å². The van der Waals surface area contributed by atoms with Gasteiger partial charge in [0.25, 0.3) is 0 Å². The zero-order chi connectivity index (χ0) is 15.1. The summed E-state index contributed by atoms with van der Waals surface area (Å²) in [6, 6.07) is 2.88. The van der Waals surface area contributed by atoms with Crippen molar-refractivity contribution in [2.24, 2.45) is 7.05 Å². The highest BCUT2D eigenvalue weighted by atomic mass is 15.1. The van der Waals surface area contributed by atoms with Crippen molar-refractivity contribution in [3.05, 3.63) is 23.0 Å². The van der Waals surface area contributed by atoms with E-state index in [0.717, 1.165) is 6.54 Å². The van der Waals surface area contributed by atoms with Gasteiger partial charge in [-0.1, -0.05) is 13.8 Å². The zero-order valence-electron chi connectivity index (χ0n) is 14.3. The number of aromatic nitrogens is 1. The molecule has 0 bridgehead atoms. The van der Waals surface area contributed by atoms with Crippen LogP contribution in [0.3, 0.4) is 0 Å². The number of hydrogen-bond acceptors (Lipinski definition) is 2. The van der Waals surface area contributed by atoms with Gasteiger partial charge in [0.05, 0.1) is 0 Å². The molecule has 3 heteroatoms. The molecule has 0 saturated carbocycles. The monoisotopic (exact) mass is 279 g/mol. The smallest absolute Gasteiger partial charge is 0.0225 e. The van der Waals surface area contributed by atoms with Crippen LogP contribution in [-0.2, 0) is 13.6 Å². The van der Waals surface area contributed by atoms with Gasteiger partial charge in [-0.3, -0.25) is 0 Å². The summed E-state index contributed by atoms with van der Waals surface area (Å²) < 4.78 is 2.27. The molecule has 0 spiro atoms. The summed E-state index contributed by atoms with van der Waals surface area (Å²) in [5, 5.41) is 3.66. The lowest BCUT2D eigenvalue weighted by atomic mass is 10.1. The van der Waals surface area contributed by atoms with Gasteiger partial charge in [-0.15, -0.1) is 0 Å². The van der Waals surface area contributed by atoms with E-state index in [1.807, 2.05) is 0 Å². The predicted molar refractivity (Wildman–Crippen MR) is 88.2 cm³/mol. The summed E-state index contributed by atoms with van der Waals surface area (Å²) in [7, 11) is 2.14. The van der Waals surface area contributed by atoms with E-state index in [1.165, 1.54) is 49.4 Å². The minimum absolute atomic E-state index is 0.588. The molecular formula is C17H33N3. The van der Waals surface area contributed by atoms with E-state index < -0.39 is 0 Å². The van der Waals surface area contributed by atoms with Crippen LogP contribution in [0.5, 0.6) is 0 Å². The third kappa shape index (κ3) is 4.95. The molecule has 1 N–H and O–H groups in total. The van der Waals surface area contributed by atoms with Crippen molar-refractivity contribution in [2.45, 2.75) is 60.0 Å². The Morgan fingerprint density at radius 3 is 2.40 bits per heavy atom. The molecule has 0 saturated heterocycles. The van der Waals surface area contributed by atoms with Crippen LogP contribution in [0, 0.1) is 13.8 Å². The summed E-state index contributed by atoms with van der Waals surface area (Å²) in [6.07, 6.45) is 2.53. The van der Waals surface area contributed by atoms with Crippen molar-refractivity contribution in [1.29, 1.82) is 0 Å². The highest BCUT2D eigenvalue weighted by molar-refractivity contribution is 5.26. The van der Waals surface area contributed by atoms with E-state index in [9.17, 15) is 0 Å². The van der Waals surface area contributed by atoms with Crippen molar-refractivity contribution >= 4 is 0 Å². The summed E-state index contributed by atoms with van der Waals surface area (Å²) in [5.41, 5.74) is 4.15. The number of aryl methyl sites for hydroxylation is 1. The Bertz CT molecular complexity index is 391. The topological polar surface area (TPSA) is 20.2 Å². The Hall–Kier alpha value is -0.800. The molecule has 1 heterocycles. The second-order valence-electron chi connectivity index (χ2n) is 5.91. The van der Waals surface area contributed by atoms with Crippen LogP contribution in [0.4, 0.5) is 0 Å². The van der Waals surface area contributed by atoms with E-state index in [-0.39, 0.29) is 0 Å². The van der Waals surface area contributed by atoms with Gasteiger partial charge in [-0.05, 0) is 64.9 Å². The van der Waals surface area contributed by atoms with E-state index in [0.29, 0.717) is 6.04 Å². The highest BCUT2D eigenvalue weighted by Gasteiger charge is 2.08. The van der Waals surface area contributed by atoms with Crippen LogP contribution >= 0.6 is 0 Å². The molecule has 0 aromatic carbocycles. The normalized spacial score (nSPS) is 13.2. The van der Waals surface area contributed by atoms with Gasteiger partial charge in [0, 0.05) is 31.0 Å². The average Bonchev–Trinajstić information content (AvgIpc) is 2.68. The van der Waals surface area contributed by atoms with Crippen LogP contribution in [0.2, 0.25) is 0 Å². The Morgan fingerprint density at radius 1 is 1.25 bits per heavy atom. The van der Waals surface area contributed by atoms with Gasteiger partial charge in [0.15, 0.2) is 0 Å². The van der Waals surface area contributed by atoms with Gasteiger partial charge in [0.1, 0.15) is 0 Å². The van der Waals surface area contributed by atoms with E-state index in [2.05, 4.69) is 62.5 Å². The van der Waals surface area contributed by atoms with Crippen molar-refractivity contribution < 1.29 is 0 Å². The van der Waals surface area contributed by atoms with Crippen molar-refractivity contribution in [3.63, 3.8) is 0 Å². The maximum atomic E-state index is 3.66. The van der Waals surface area contributed by atoms with E-state index >= 15 is 0 Å². The molecule has 0 fully saturated rings. The Kier molecular flexibility index (Phi) is 7.31. The predicted octanol–water partition coefficient (Wildman–Crippen LogP) is 3.24. The fourth-order valence-corrected chi connectivity index (χ4v) is 2.66. The third-order valence-corrected chi connectivity index (χ3v) is 4.53. The molecule has 1 unspecified atom stereocenters. The number of hydrogen-bond donors (Lipinski definition) is 1. The summed E-state index contributed by atoms with van der Waals surface area (Å²) in [5.74, 6) is 0. The van der Waals surface area contributed by atoms with Gasteiger partial charge in [-0.25, -0.2) is 0 Å². The SMILES string of the molecule is CCN(CC)CCCC(C)NCc1cc(C)n(C)c1C. The Morgan fingerprint density at radius 2 is 1.90 bits per heavy atom. The van der Waals surface area contributed by atoms with Crippen LogP contribution in [0.25, 0.3) is 0 Å². The quantitative estimate of drug-likeness (QED) is 0.749. The number of nitrogens with zero attached hydrogens (tertiary/aromatic N) is 2. The summed E-state index contributed by atoms with van der Waals surface area (Å²) in [4.78, 5) is 2.50. The lowest BCUT2D eigenvalue weighted by molar-refractivity contribution is 0.290. The minimum atomic E-state index is 0.588. The lowest BCUT2D eigenvalue weighted by Gasteiger charge is -2.19. The molecule has 20 heavy (non-hydrogen) atoms. The highest BCUT2D eigenvalue weighted by Crippen LogP contribution is 2.13. The zero-order valence-corrected chi connectivity index (χ0v) is 14.3. The third-order valence-electron chi connectivity index (χ3n) is 4.53. The first-order chi connectivity index (χ1) is 9.49. The van der Waals surface area contributed by atoms with Gasteiger partial charge in [0.2, 0.25) is 0 Å².